The molecule has 1 saturated heterocycles. The van der Waals surface area contributed by atoms with Crippen LogP contribution in [0.1, 0.15) is 6.92 Å². The average molecular weight is 354 g/mol. The molecule has 0 N–H and O–H groups in total. The highest BCUT2D eigenvalue weighted by atomic mass is 32.2. The molecule has 10 heteroatoms. The van der Waals surface area contributed by atoms with Crippen LogP contribution < -0.4 is 0 Å². The first-order valence-electron chi connectivity index (χ1n) is 6.61. The van der Waals surface area contributed by atoms with Crippen molar-refractivity contribution in [1.82, 2.24) is 8.61 Å². The minimum absolute atomic E-state index is 0.0272. The molecule has 22 heavy (non-hydrogen) atoms. The van der Waals surface area contributed by atoms with Crippen LogP contribution in [-0.4, -0.2) is 57.4 Å². The summed E-state index contributed by atoms with van der Waals surface area (Å²) in [6.45, 7) is 1.54. The summed E-state index contributed by atoms with van der Waals surface area (Å²) in [5.74, 6) is -2.42. The quantitative estimate of drug-likeness (QED) is 0.794. The Morgan fingerprint density at radius 3 is 2.00 bits per heavy atom. The van der Waals surface area contributed by atoms with Crippen LogP contribution in [0.5, 0.6) is 0 Å². The van der Waals surface area contributed by atoms with E-state index in [1.807, 2.05) is 0 Å². The van der Waals surface area contributed by atoms with Crippen LogP contribution in [0.3, 0.4) is 0 Å². The first-order valence-corrected chi connectivity index (χ1v) is 9.66. The summed E-state index contributed by atoms with van der Waals surface area (Å²) in [4.78, 5) is -0.349. The van der Waals surface area contributed by atoms with Crippen LogP contribution in [-0.2, 0) is 20.0 Å². The molecule has 0 unspecified atom stereocenters. The molecular formula is C12H16F2N2O4S2. The minimum atomic E-state index is -3.97. The Balaban J connectivity index is 2.18. The van der Waals surface area contributed by atoms with Gasteiger partial charge >= 0.3 is 0 Å². The smallest absolute Gasteiger partial charge is 0.212 e. The lowest BCUT2D eigenvalue weighted by atomic mass is 10.3. The highest BCUT2D eigenvalue weighted by Crippen LogP contribution is 2.20. The maximum atomic E-state index is 13.2. The zero-order chi connectivity index (χ0) is 16.5. The van der Waals surface area contributed by atoms with Crippen molar-refractivity contribution in [2.75, 3.05) is 31.9 Å². The highest BCUT2D eigenvalue weighted by Gasteiger charge is 2.32. The number of hydrogen-bond donors (Lipinski definition) is 0. The first-order chi connectivity index (χ1) is 10.2. The van der Waals surface area contributed by atoms with Crippen LogP contribution in [0.2, 0.25) is 0 Å². The van der Waals surface area contributed by atoms with Gasteiger partial charge in [0, 0.05) is 26.2 Å². The molecule has 1 aromatic rings. The van der Waals surface area contributed by atoms with Gasteiger partial charge in [0.25, 0.3) is 0 Å². The fourth-order valence-electron chi connectivity index (χ4n) is 2.16. The number of hydrogen-bond acceptors (Lipinski definition) is 4. The second-order valence-corrected chi connectivity index (χ2v) is 8.98. The molecule has 0 radical (unpaired) electrons. The number of rotatable bonds is 4. The van der Waals surface area contributed by atoms with Gasteiger partial charge in [-0.3, -0.25) is 0 Å². The predicted octanol–water partition coefficient (Wildman–Crippen LogP) is 0.621. The highest BCUT2D eigenvalue weighted by molar-refractivity contribution is 7.89. The SMILES string of the molecule is CCS(=O)(=O)N1CCN(S(=O)(=O)c2ccc(F)c(F)c2)CC1. The zero-order valence-electron chi connectivity index (χ0n) is 11.9. The van der Waals surface area contributed by atoms with Gasteiger partial charge in [-0.05, 0) is 25.1 Å². The molecule has 0 amide bonds. The van der Waals surface area contributed by atoms with Crippen molar-refractivity contribution in [3.8, 4) is 0 Å². The third-order valence-corrected chi connectivity index (χ3v) is 7.26. The normalized spacial score (nSPS) is 18.5. The molecule has 1 aromatic carbocycles. The molecule has 124 valence electrons. The van der Waals surface area contributed by atoms with E-state index in [1.165, 1.54) is 11.2 Å². The van der Waals surface area contributed by atoms with E-state index in [2.05, 4.69) is 0 Å². The molecule has 1 aliphatic rings. The van der Waals surface area contributed by atoms with Gasteiger partial charge in [0.05, 0.1) is 10.6 Å². The van der Waals surface area contributed by atoms with Crippen molar-refractivity contribution in [3.63, 3.8) is 0 Å². The Labute approximate surface area is 128 Å². The second kappa shape index (κ2) is 6.19. The van der Waals surface area contributed by atoms with Crippen molar-refractivity contribution in [3.05, 3.63) is 29.8 Å². The Bertz CT molecular complexity index is 757. The van der Waals surface area contributed by atoms with Gasteiger partial charge in [-0.2, -0.15) is 8.61 Å². The van der Waals surface area contributed by atoms with E-state index in [-0.39, 0.29) is 36.8 Å². The Hall–Kier alpha value is -1.10. The van der Waals surface area contributed by atoms with E-state index < -0.39 is 31.7 Å². The Morgan fingerprint density at radius 2 is 1.50 bits per heavy atom. The maximum Gasteiger partial charge on any atom is 0.243 e. The summed E-state index contributed by atoms with van der Waals surface area (Å²) in [6.07, 6.45) is 0. The maximum absolute atomic E-state index is 13.2. The molecule has 0 atom stereocenters. The molecule has 0 aromatic heterocycles. The van der Waals surface area contributed by atoms with Gasteiger partial charge in [-0.1, -0.05) is 0 Å². The van der Waals surface area contributed by atoms with E-state index in [9.17, 15) is 25.6 Å². The van der Waals surface area contributed by atoms with Gasteiger partial charge < -0.3 is 0 Å². The topological polar surface area (TPSA) is 74.8 Å². The van der Waals surface area contributed by atoms with E-state index in [1.54, 1.807) is 0 Å². The van der Waals surface area contributed by atoms with Gasteiger partial charge in [-0.15, -0.1) is 0 Å². The number of benzene rings is 1. The Morgan fingerprint density at radius 1 is 0.955 bits per heavy atom. The molecule has 1 heterocycles. The molecule has 1 aliphatic heterocycles. The molecule has 1 fully saturated rings. The molecule has 0 bridgehead atoms. The van der Waals surface area contributed by atoms with Gasteiger partial charge in [0.15, 0.2) is 11.6 Å². The van der Waals surface area contributed by atoms with Crippen molar-refractivity contribution in [2.24, 2.45) is 0 Å². The third-order valence-electron chi connectivity index (χ3n) is 3.48. The number of piperazine rings is 1. The predicted molar refractivity (Wildman–Crippen MR) is 76.2 cm³/mol. The van der Waals surface area contributed by atoms with Crippen LogP contribution in [0.4, 0.5) is 8.78 Å². The summed E-state index contributed by atoms with van der Waals surface area (Å²) in [5, 5.41) is 0. The monoisotopic (exact) mass is 354 g/mol. The van der Waals surface area contributed by atoms with Gasteiger partial charge in [-0.25, -0.2) is 25.6 Å². The lowest BCUT2D eigenvalue weighted by Gasteiger charge is -2.33. The van der Waals surface area contributed by atoms with Gasteiger partial charge in [0.1, 0.15) is 0 Å². The summed E-state index contributed by atoms with van der Waals surface area (Å²) in [6, 6.07) is 2.36. The van der Waals surface area contributed by atoms with E-state index >= 15 is 0 Å². The summed E-state index contributed by atoms with van der Waals surface area (Å²) in [5.41, 5.74) is 0. The van der Waals surface area contributed by atoms with E-state index in [4.69, 9.17) is 0 Å². The largest absolute Gasteiger partial charge is 0.243 e. The average Bonchev–Trinajstić information content (AvgIpc) is 2.50. The lowest BCUT2D eigenvalue weighted by molar-refractivity contribution is 0.273. The molecule has 0 saturated carbocycles. The first kappa shape index (κ1) is 17.3. The molecule has 0 aliphatic carbocycles. The van der Waals surface area contributed by atoms with Crippen LogP contribution in [0.25, 0.3) is 0 Å². The molecular weight excluding hydrogens is 338 g/mol. The minimum Gasteiger partial charge on any atom is -0.212 e. The van der Waals surface area contributed by atoms with E-state index in [0.717, 1.165) is 16.4 Å². The van der Waals surface area contributed by atoms with Crippen molar-refractivity contribution >= 4 is 20.0 Å². The fraction of sp³-hybridized carbons (Fsp3) is 0.500. The second-order valence-electron chi connectivity index (χ2n) is 4.78. The molecule has 6 nitrogen and oxygen atoms in total. The molecule has 0 spiro atoms. The lowest BCUT2D eigenvalue weighted by Crippen LogP contribution is -2.50. The molecule has 2 rings (SSSR count). The van der Waals surface area contributed by atoms with Crippen molar-refractivity contribution in [2.45, 2.75) is 11.8 Å². The summed E-state index contributed by atoms with van der Waals surface area (Å²) < 4.78 is 76.5. The summed E-state index contributed by atoms with van der Waals surface area (Å²) in [7, 11) is -7.34. The number of nitrogens with zero attached hydrogens (tertiary/aromatic N) is 2. The summed E-state index contributed by atoms with van der Waals surface area (Å²) >= 11 is 0. The van der Waals surface area contributed by atoms with Crippen LogP contribution in [0.15, 0.2) is 23.1 Å². The van der Waals surface area contributed by atoms with Crippen molar-refractivity contribution in [1.29, 1.82) is 0 Å². The Kier molecular flexibility index (Phi) is 4.85. The van der Waals surface area contributed by atoms with Crippen LogP contribution >= 0.6 is 0 Å². The zero-order valence-corrected chi connectivity index (χ0v) is 13.5. The third kappa shape index (κ3) is 3.29. The fourth-order valence-corrected chi connectivity index (χ4v) is 4.68. The van der Waals surface area contributed by atoms with E-state index in [0.29, 0.717) is 6.07 Å². The standard InChI is InChI=1S/C12H16F2N2O4S2/c1-2-21(17,18)15-5-7-16(8-6-15)22(19,20)10-3-4-11(13)12(14)9-10/h3-4,9H,2,5-8H2,1H3. The number of sulfonamides is 2. The van der Waals surface area contributed by atoms with Gasteiger partial charge in [0.2, 0.25) is 20.0 Å². The number of halogens is 2. The van der Waals surface area contributed by atoms with Crippen molar-refractivity contribution < 1.29 is 25.6 Å². The van der Waals surface area contributed by atoms with Crippen LogP contribution in [0, 0.1) is 11.6 Å².